The number of aromatic nitrogens is 1. The highest BCUT2D eigenvalue weighted by Gasteiger charge is 2.25. The molecule has 0 N–H and O–H groups in total. The Kier molecular flexibility index (Phi) is 7.10. The van der Waals surface area contributed by atoms with E-state index in [4.69, 9.17) is 11.6 Å². The van der Waals surface area contributed by atoms with Crippen molar-refractivity contribution >= 4 is 22.9 Å². The summed E-state index contributed by atoms with van der Waals surface area (Å²) >= 11 is 6.30. The summed E-state index contributed by atoms with van der Waals surface area (Å²) < 4.78 is 26.3. The molecule has 3 rings (SSSR count). The van der Waals surface area contributed by atoms with Crippen LogP contribution in [0.2, 0.25) is 5.02 Å². The Bertz CT molecular complexity index is 814. The molecule has 2 heterocycles. The van der Waals surface area contributed by atoms with Gasteiger partial charge in [0.15, 0.2) is 0 Å². The van der Waals surface area contributed by atoms with Gasteiger partial charge in [0, 0.05) is 29.2 Å². The van der Waals surface area contributed by atoms with Crippen LogP contribution in [0, 0.1) is 0 Å². The molecule has 0 fully saturated rings. The van der Waals surface area contributed by atoms with Crippen molar-refractivity contribution in [3.8, 4) is 0 Å². The van der Waals surface area contributed by atoms with E-state index in [0.717, 1.165) is 11.1 Å². The maximum absolute atomic E-state index is 13.1. The number of rotatable bonds is 4. The third kappa shape index (κ3) is 4.38. The fraction of sp³-hybridized carbons (Fsp3) is 0.190. The van der Waals surface area contributed by atoms with Crippen molar-refractivity contribution < 1.29 is 8.78 Å². The average Bonchev–Trinajstić information content (AvgIpc) is 2.66. The highest BCUT2D eigenvalue weighted by molar-refractivity contribution is 6.32. The topological polar surface area (TPSA) is 16.1 Å². The van der Waals surface area contributed by atoms with Gasteiger partial charge in [-0.1, -0.05) is 68.4 Å². The van der Waals surface area contributed by atoms with E-state index in [1.807, 2.05) is 50.3 Å². The van der Waals surface area contributed by atoms with Gasteiger partial charge in [0.2, 0.25) is 0 Å². The maximum atomic E-state index is 13.1. The Labute approximate surface area is 158 Å². The predicted molar refractivity (Wildman–Crippen MR) is 105 cm³/mol. The number of nitrogens with zero attached hydrogens (tertiary/aromatic N) is 2. The van der Waals surface area contributed by atoms with E-state index in [-0.39, 0.29) is 0 Å². The van der Waals surface area contributed by atoms with Gasteiger partial charge in [-0.05, 0) is 17.7 Å². The molecule has 1 aliphatic rings. The van der Waals surface area contributed by atoms with Crippen molar-refractivity contribution in [2.45, 2.75) is 20.3 Å². The highest BCUT2D eigenvalue weighted by Crippen LogP contribution is 2.38. The van der Waals surface area contributed by atoms with Gasteiger partial charge in [-0.2, -0.15) is 0 Å². The molecule has 0 amide bonds. The summed E-state index contributed by atoms with van der Waals surface area (Å²) in [5.41, 5.74) is 3.50. The number of hydrogen-bond acceptors (Lipinski definition) is 2. The molecule has 0 bridgehead atoms. The molecule has 2 aromatic rings. The van der Waals surface area contributed by atoms with Gasteiger partial charge < -0.3 is 4.90 Å². The van der Waals surface area contributed by atoms with Crippen LogP contribution in [0.1, 0.15) is 25.0 Å². The first kappa shape index (κ1) is 19.9. The molecule has 136 valence electrons. The zero-order valence-electron chi connectivity index (χ0n) is 14.8. The highest BCUT2D eigenvalue weighted by atomic mass is 35.5. The Balaban J connectivity index is 0.00000117. The molecule has 0 saturated heterocycles. The second kappa shape index (κ2) is 9.30. The Morgan fingerprint density at radius 3 is 2.42 bits per heavy atom. The lowest BCUT2D eigenvalue weighted by atomic mass is 9.95. The molecule has 5 heteroatoms. The van der Waals surface area contributed by atoms with E-state index in [1.54, 1.807) is 18.3 Å². The fourth-order valence-corrected chi connectivity index (χ4v) is 2.90. The molecular weight excluding hydrogens is 354 g/mol. The first-order valence-electron chi connectivity index (χ1n) is 8.40. The maximum Gasteiger partial charge on any atom is 0.256 e. The van der Waals surface area contributed by atoms with Crippen LogP contribution >= 0.6 is 11.6 Å². The number of halogens is 3. The van der Waals surface area contributed by atoms with Crippen molar-refractivity contribution in [2.24, 2.45) is 0 Å². The summed E-state index contributed by atoms with van der Waals surface area (Å²) in [6.45, 7) is 7.44. The van der Waals surface area contributed by atoms with Gasteiger partial charge in [0.1, 0.15) is 0 Å². The third-order valence-corrected chi connectivity index (χ3v) is 4.05. The van der Waals surface area contributed by atoms with Crippen molar-refractivity contribution in [3.05, 3.63) is 89.4 Å². The first-order chi connectivity index (χ1) is 12.6. The molecule has 0 unspecified atom stereocenters. The summed E-state index contributed by atoms with van der Waals surface area (Å²) in [4.78, 5) is 5.49. The molecule has 0 aliphatic carbocycles. The standard InChI is InChI=1S/C19H15ClF2N2.C2H6/c1-13-7-8-15(14-5-3-2-4-6-14)19(24(13)12-18(21)22)16-9-10-23-11-17(16)20;1-2/h2-11,18H,1,12H2;1-2H3. The van der Waals surface area contributed by atoms with E-state index in [9.17, 15) is 8.78 Å². The van der Waals surface area contributed by atoms with Crippen LogP contribution < -0.4 is 0 Å². The molecule has 2 nitrogen and oxygen atoms in total. The second-order valence-electron chi connectivity index (χ2n) is 5.31. The Hall–Kier alpha value is -2.46. The van der Waals surface area contributed by atoms with E-state index >= 15 is 0 Å². The smallest absolute Gasteiger partial charge is 0.256 e. The molecule has 0 saturated carbocycles. The monoisotopic (exact) mass is 374 g/mol. The van der Waals surface area contributed by atoms with Crippen LogP contribution in [0.5, 0.6) is 0 Å². The van der Waals surface area contributed by atoms with Crippen LogP contribution in [0.4, 0.5) is 8.78 Å². The number of benzene rings is 1. The van der Waals surface area contributed by atoms with Crippen molar-refractivity contribution in [1.82, 2.24) is 9.88 Å². The lowest BCUT2D eigenvalue weighted by Crippen LogP contribution is -2.28. The number of alkyl halides is 2. The molecule has 1 aromatic heterocycles. The molecule has 1 aromatic carbocycles. The number of allylic oxidation sites excluding steroid dienone is 3. The van der Waals surface area contributed by atoms with Crippen molar-refractivity contribution in [2.75, 3.05) is 6.54 Å². The van der Waals surface area contributed by atoms with E-state index in [1.165, 1.54) is 11.1 Å². The normalized spacial score (nSPS) is 13.8. The lowest BCUT2D eigenvalue weighted by molar-refractivity contribution is 0.123. The zero-order valence-corrected chi connectivity index (χ0v) is 15.5. The summed E-state index contributed by atoms with van der Waals surface area (Å²) in [7, 11) is 0. The number of pyridine rings is 1. The van der Waals surface area contributed by atoms with E-state index in [2.05, 4.69) is 11.6 Å². The SMILES string of the molecule is C=C1C=CC(c2ccccc2)=C(c2ccncc2Cl)N1CC(F)F.CC. The molecule has 1 aliphatic heterocycles. The minimum atomic E-state index is -2.50. The van der Waals surface area contributed by atoms with Gasteiger partial charge in [-0.3, -0.25) is 4.98 Å². The van der Waals surface area contributed by atoms with Gasteiger partial charge in [0.05, 0.1) is 17.3 Å². The van der Waals surface area contributed by atoms with Gasteiger partial charge >= 0.3 is 0 Å². The fourth-order valence-electron chi connectivity index (χ4n) is 2.69. The predicted octanol–water partition coefficient (Wildman–Crippen LogP) is 6.28. The Morgan fingerprint density at radius 1 is 1.12 bits per heavy atom. The first-order valence-corrected chi connectivity index (χ1v) is 8.78. The Morgan fingerprint density at radius 2 is 1.81 bits per heavy atom. The quantitative estimate of drug-likeness (QED) is 0.626. The van der Waals surface area contributed by atoms with Gasteiger partial charge in [-0.25, -0.2) is 8.78 Å². The average molecular weight is 375 g/mol. The minimum absolute atomic E-state index is 0.406. The molecular formula is C21H21ClF2N2. The third-order valence-electron chi connectivity index (χ3n) is 3.75. The van der Waals surface area contributed by atoms with Crippen LogP contribution in [0.25, 0.3) is 11.3 Å². The molecule has 0 spiro atoms. The zero-order chi connectivity index (χ0) is 19.1. The van der Waals surface area contributed by atoms with Crippen molar-refractivity contribution in [1.29, 1.82) is 0 Å². The summed E-state index contributed by atoms with van der Waals surface area (Å²) in [6.07, 6.45) is 4.22. The molecule has 0 radical (unpaired) electrons. The van der Waals surface area contributed by atoms with Crippen LogP contribution in [0.15, 0.2) is 73.2 Å². The largest absolute Gasteiger partial charge is 0.335 e. The van der Waals surface area contributed by atoms with Crippen molar-refractivity contribution in [3.63, 3.8) is 0 Å². The van der Waals surface area contributed by atoms with Crippen LogP contribution in [-0.2, 0) is 0 Å². The van der Waals surface area contributed by atoms with E-state index < -0.39 is 13.0 Å². The van der Waals surface area contributed by atoms with E-state index in [0.29, 0.717) is 22.0 Å². The lowest BCUT2D eigenvalue weighted by Gasteiger charge is -2.33. The van der Waals surface area contributed by atoms with Gasteiger partial charge in [0.25, 0.3) is 6.43 Å². The summed E-state index contributed by atoms with van der Waals surface area (Å²) in [6, 6.07) is 11.3. The van der Waals surface area contributed by atoms with Crippen LogP contribution in [0.3, 0.4) is 0 Å². The van der Waals surface area contributed by atoms with Crippen LogP contribution in [-0.4, -0.2) is 22.9 Å². The second-order valence-corrected chi connectivity index (χ2v) is 5.72. The van der Waals surface area contributed by atoms with Gasteiger partial charge in [-0.15, -0.1) is 0 Å². The molecule has 0 atom stereocenters. The summed E-state index contributed by atoms with van der Waals surface area (Å²) in [5, 5.41) is 0.406. The molecule has 26 heavy (non-hydrogen) atoms. The number of hydrogen-bond donors (Lipinski definition) is 0. The minimum Gasteiger partial charge on any atom is -0.335 e. The summed E-state index contributed by atoms with van der Waals surface area (Å²) in [5.74, 6) is 0.